The predicted molar refractivity (Wildman–Crippen MR) is 195 cm³/mol. The lowest BCUT2D eigenvalue weighted by Crippen LogP contribution is -2.10. The minimum atomic E-state index is 0.0241. The van der Waals surface area contributed by atoms with Crippen molar-refractivity contribution in [3.8, 4) is 50.4 Å². The third kappa shape index (κ3) is 4.85. The molecule has 3 aromatic heterocycles. The second-order valence-corrected chi connectivity index (χ2v) is 12.5. The van der Waals surface area contributed by atoms with Crippen LogP contribution in [0.1, 0.15) is 0 Å². The Bertz CT molecular complexity index is 2610. The minimum absolute atomic E-state index is 0.0241. The van der Waals surface area contributed by atoms with Crippen LogP contribution in [0.15, 0.2) is 156 Å². The van der Waals surface area contributed by atoms with E-state index in [-0.39, 0.29) is 5.43 Å². The van der Waals surface area contributed by atoms with E-state index in [0.29, 0.717) is 28.2 Å². The van der Waals surface area contributed by atoms with Crippen LogP contribution in [0.25, 0.3) is 82.4 Å². The summed E-state index contributed by atoms with van der Waals surface area (Å²) in [5.41, 5.74) is 7.30. The number of para-hydroxylation sites is 2. The van der Waals surface area contributed by atoms with Gasteiger partial charge in [-0.1, -0.05) is 115 Å². The van der Waals surface area contributed by atoms with Crippen LogP contribution in [0.4, 0.5) is 0 Å². The van der Waals surface area contributed by atoms with Crippen LogP contribution in [-0.4, -0.2) is 24.5 Å². The van der Waals surface area contributed by atoms with Crippen molar-refractivity contribution in [2.45, 2.75) is 0 Å². The van der Waals surface area contributed by atoms with E-state index in [0.717, 1.165) is 54.2 Å². The molecule has 0 unspecified atom stereocenters. The molecule has 0 aliphatic rings. The van der Waals surface area contributed by atoms with Crippen molar-refractivity contribution in [3.63, 3.8) is 0 Å². The first-order chi connectivity index (χ1) is 23.7. The molecule has 0 amide bonds. The molecule has 0 radical (unpaired) electrons. The molecule has 0 atom stereocenters. The van der Waals surface area contributed by atoms with Crippen molar-refractivity contribution in [2.24, 2.45) is 0 Å². The quantitative estimate of drug-likeness (QED) is 0.176. The maximum absolute atomic E-state index is 13.7. The van der Waals surface area contributed by atoms with Crippen LogP contribution >= 0.6 is 11.3 Å². The number of hydrogen-bond donors (Lipinski definition) is 0. The van der Waals surface area contributed by atoms with Gasteiger partial charge in [0.25, 0.3) is 0 Å². The van der Waals surface area contributed by atoms with Crippen LogP contribution < -0.4 is 5.43 Å². The van der Waals surface area contributed by atoms with Gasteiger partial charge in [0.2, 0.25) is 0 Å². The van der Waals surface area contributed by atoms with Crippen LogP contribution in [0.2, 0.25) is 0 Å². The molecule has 9 rings (SSSR count). The first kappa shape index (κ1) is 28.0. The van der Waals surface area contributed by atoms with Gasteiger partial charge in [-0.2, -0.15) is 0 Å². The van der Waals surface area contributed by atoms with E-state index in [9.17, 15) is 4.79 Å². The number of hydrogen-bond acceptors (Lipinski definition) is 6. The zero-order chi connectivity index (χ0) is 32.0. The summed E-state index contributed by atoms with van der Waals surface area (Å²) in [6.45, 7) is 0. The molecular formula is C41H25N5OS. The zero-order valence-corrected chi connectivity index (χ0v) is 26.3. The fraction of sp³-hybridized carbons (Fsp3) is 0. The van der Waals surface area contributed by atoms with E-state index in [2.05, 4.69) is 28.8 Å². The number of rotatable bonds is 5. The van der Waals surface area contributed by atoms with Gasteiger partial charge in [-0.05, 0) is 36.4 Å². The van der Waals surface area contributed by atoms with E-state index in [4.69, 9.17) is 19.9 Å². The third-order valence-electron chi connectivity index (χ3n) is 8.48. The molecule has 0 N–H and O–H groups in total. The summed E-state index contributed by atoms with van der Waals surface area (Å²) in [6, 6.07) is 50.1. The van der Waals surface area contributed by atoms with Crippen LogP contribution in [0.5, 0.6) is 0 Å². The summed E-state index contributed by atoms with van der Waals surface area (Å²) in [5.74, 6) is 1.85. The lowest BCUT2D eigenvalue weighted by molar-refractivity contribution is 1.07. The zero-order valence-electron chi connectivity index (χ0n) is 25.5. The molecule has 226 valence electrons. The van der Waals surface area contributed by atoms with Crippen LogP contribution in [0.3, 0.4) is 0 Å². The summed E-state index contributed by atoms with van der Waals surface area (Å²) in [6.07, 6.45) is 0. The van der Waals surface area contributed by atoms with Gasteiger partial charge in [0, 0.05) is 38.7 Å². The summed E-state index contributed by atoms with van der Waals surface area (Å²) >= 11 is 1.58. The second-order valence-electron chi connectivity index (χ2n) is 11.5. The molecule has 0 fully saturated rings. The molecular weight excluding hydrogens is 611 g/mol. The monoisotopic (exact) mass is 635 g/mol. The van der Waals surface area contributed by atoms with Crippen LogP contribution in [0, 0.1) is 0 Å². The normalized spacial score (nSPS) is 11.4. The highest BCUT2D eigenvalue weighted by Gasteiger charge is 2.17. The van der Waals surface area contributed by atoms with E-state index in [1.54, 1.807) is 11.3 Å². The molecule has 7 heteroatoms. The van der Waals surface area contributed by atoms with E-state index in [1.165, 1.54) is 0 Å². The highest BCUT2D eigenvalue weighted by atomic mass is 32.1. The van der Waals surface area contributed by atoms with Gasteiger partial charge in [-0.3, -0.25) is 4.79 Å². The predicted octanol–water partition coefficient (Wildman–Crippen LogP) is 9.61. The molecule has 6 nitrogen and oxygen atoms in total. The SMILES string of the molecule is O=c1c2ccccc2n(-c2ccccc2)c2cc3nc(-c4ccc(-c5nc(-c6ccccc6)nc(-c6ccccc6)n5)cc4)sc3cc12. The maximum Gasteiger partial charge on any atom is 0.197 e. The third-order valence-corrected chi connectivity index (χ3v) is 9.55. The average molecular weight is 636 g/mol. The second kappa shape index (κ2) is 11.5. The number of benzene rings is 6. The molecule has 0 bridgehead atoms. The average Bonchev–Trinajstić information content (AvgIpc) is 3.59. The van der Waals surface area contributed by atoms with Gasteiger partial charge < -0.3 is 4.57 Å². The van der Waals surface area contributed by atoms with Gasteiger partial charge in [0.05, 0.1) is 21.3 Å². The lowest BCUT2D eigenvalue weighted by Gasteiger charge is -2.15. The Morgan fingerprint density at radius 3 is 1.60 bits per heavy atom. The topological polar surface area (TPSA) is 73.6 Å². The van der Waals surface area contributed by atoms with E-state index in [1.807, 2.05) is 127 Å². The fourth-order valence-electron chi connectivity index (χ4n) is 6.14. The molecule has 0 aliphatic heterocycles. The Labute approximate surface area is 279 Å². The van der Waals surface area contributed by atoms with Gasteiger partial charge in [-0.15, -0.1) is 11.3 Å². The van der Waals surface area contributed by atoms with Gasteiger partial charge >= 0.3 is 0 Å². The van der Waals surface area contributed by atoms with E-state index >= 15 is 0 Å². The molecule has 48 heavy (non-hydrogen) atoms. The van der Waals surface area contributed by atoms with Gasteiger partial charge in [0.15, 0.2) is 22.9 Å². The Balaban J connectivity index is 1.15. The summed E-state index contributed by atoms with van der Waals surface area (Å²) in [4.78, 5) is 33.3. The Kier molecular flexibility index (Phi) is 6.69. The molecule has 0 saturated carbocycles. The van der Waals surface area contributed by atoms with Crippen molar-refractivity contribution in [1.82, 2.24) is 24.5 Å². The fourth-order valence-corrected chi connectivity index (χ4v) is 7.14. The first-order valence-corrected chi connectivity index (χ1v) is 16.4. The lowest BCUT2D eigenvalue weighted by atomic mass is 10.1. The van der Waals surface area contributed by atoms with Crippen molar-refractivity contribution in [2.75, 3.05) is 0 Å². The van der Waals surface area contributed by atoms with E-state index < -0.39 is 0 Å². The number of nitrogens with zero attached hydrogens (tertiary/aromatic N) is 5. The van der Waals surface area contributed by atoms with Crippen LogP contribution in [-0.2, 0) is 0 Å². The number of fused-ring (bicyclic) bond motifs is 3. The Hall–Kier alpha value is -6.31. The minimum Gasteiger partial charge on any atom is -0.309 e. The molecule has 6 aromatic carbocycles. The molecule has 0 saturated heterocycles. The molecule has 3 heterocycles. The molecule has 0 spiro atoms. The number of aromatic nitrogens is 5. The number of pyridine rings is 1. The first-order valence-electron chi connectivity index (χ1n) is 15.6. The van der Waals surface area contributed by atoms with Gasteiger partial charge in [-0.25, -0.2) is 19.9 Å². The Morgan fingerprint density at radius 2 is 0.979 bits per heavy atom. The maximum atomic E-state index is 13.7. The standard InChI is InChI=1S/C41H25N5OS/c47-37-31-18-10-11-19-34(31)46(30-16-8-3-9-17-30)35-25-33-36(24-32(35)37)48-41(42-33)29-22-20-28(21-23-29)40-44-38(26-12-4-1-5-13-26)43-39(45-40)27-14-6-2-7-15-27/h1-25H. The van der Waals surface area contributed by atoms with Gasteiger partial charge in [0.1, 0.15) is 5.01 Å². The summed E-state index contributed by atoms with van der Waals surface area (Å²) < 4.78 is 3.12. The van der Waals surface area contributed by atoms with Crippen molar-refractivity contribution >= 4 is 43.4 Å². The smallest absolute Gasteiger partial charge is 0.197 e. The van der Waals surface area contributed by atoms with Crippen molar-refractivity contribution in [3.05, 3.63) is 162 Å². The highest BCUT2D eigenvalue weighted by Crippen LogP contribution is 2.35. The summed E-state index contributed by atoms with van der Waals surface area (Å²) in [5, 5.41) is 2.24. The molecule has 9 aromatic rings. The molecule has 0 aliphatic carbocycles. The van der Waals surface area contributed by atoms with Crippen molar-refractivity contribution < 1.29 is 0 Å². The Morgan fingerprint density at radius 1 is 0.458 bits per heavy atom. The summed E-state index contributed by atoms with van der Waals surface area (Å²) in [7, 11) is 0. The largest absolute Gasteiger partial charge is 0.309 e. The number of thiazole rings is 1. The highest BCUT2D eigenvalue weighted by molar-refractivity contribution is 7.21. The van der Waals surface area contributed by atoms with Crippen molar-refractivity contribution in [1.29, 1.82) is 0 Å².